The summed E-state index contributed by atoms with van der Waals surface area (Å²) in [5, 5.41) is 3.00. The topological polar surface area (TPSA) is 49.4 Å². The molecule has 20 heavy (non-hydrogen) atoms. The van der Waals surface area contributed by atoms with Crippen LogP contribution in [0.4, 0.5) is 0 Å². The van der Waals surface area contributed by atoms with Gasteiger partial charge in [-0.15, -0.1) is 11.3 Å². The number of rotatable bonds is 3. The van der Waals surface area contributed by atoms with E-state index in [2.05, 4.69) is 37.2 Å². The van der Waals surface area contributed by atoms with Gasteiger partial charge in [-0.2, -0.15) is 0 Å². The highest BCUT2D eigenvalue weighted by molar-refractivity contribution is 9.13. The van der Waals surface area contributed by atoms with Crippen molar-refractivity contribution in [2.45, 2.75) is 37.8 Å². The average molecular weight is 422 g/mol. The Balaban J connectivity index is 1.73. The van der Waals surface area contributed by atoms with E-state index in [0.717, 1.165) is 33.9 Å². The van der Waals surface area contributed by atoms with E-state index in [1.807, 2.05) is 6.07 Å². The molecular weight excluding hydrogens is 408 g/mol. The molecule has 0 bridgehead atoms. The van der Waals surface area contributed by atoms with Crippen LogP contribution in [0.2, 0.25) is 0 Å². The Hall–Kier alpha value is -0.400. The lowest BCUT2D eigenvalue weighted by atomic mass is 10.2. The van der Waals surface area contributed by atoms with E-state index in [1.54, 1.807) is 4.90 Å². The van der Waals surface area contributed by atoms with E-state index >= 15 is 0 Å². The van der Waals surface area contributed by atoms with Crippen molar-refractivity contribution in [2.75, 3.05) is 6.54 Å². The number of carbonyl (C=O) groups excluding carboxylic acids is 2. The first-order valence-corrected chi connectivity index (χ1v) is 9.02. The first kappa shape index (κ1) is 14.5. The van der Waals surface area contributed by atoms with Crippen LogP contribution in [0, 0.1) is 0 Å². The molecule has 108 valence electrons. The largest absolute Gasteiger partial charge is 0.352 e. The van der Waals surface area contributed by atoms with Gasteiger partial charge < -0.3 is 10.2 Å². The molecule has 2 fully saturated rings. The Labute approximate surface area is 138 Å². The Bertz CT molecular complexity index is 537. The van der Waals surface area contributed by atoms with Gasteiger partial charge in [0, 0.05) is 17.1 Å². The van der Waals surface area contributed by atoms with Crippen LogP contribution in [0.15, 0.2) is 14.3 Å². The Morgan fingerprint density at radius 2 is 2.05 bits per heavy atom. The Morgan fingerprint density at radius 1 is 1.30 bits per heavy atom. The number of hydrogen-bond acceptors (Lipinski definition) is 3. The van der Waals surface area contributed by atoms with Gasteiger partial charge in [-0.1, -0.05) is 0 Å². The van der Waals surface area contributed by atoms with E-state index in [4.69, 9.17) is 0 Å². The predicted octanol–water partition coefficient (Wildman–Crippen LogP) is 3.16. The summed E-state index contributed by atoms with van der Waals surface area (Å²) in [6, 6.07) is 1.85. The molecule has 0 radical (unpaired) electrons. The molecule has 0 spiro atoms. The number of hydrogen-bond donors (Lipinski definition) is 1. The maximum absolute atomic E-state index is 12.5. The first-order valence-electron chi connectivity index (χ1n) is 6.62. The van der Waals surface area contributed by atoms with Crippen LogP contribution in [0.1, 0.15) is 35.4 Å². The van der Waals surface area contributed by atoms with E-state index in [0.29, 0.717) is 17.5 Å². The van der Waals surface area contributed by atoms with Gasteiger partial charge in [0.1, 0.15) is 6.04 Å². The molecule has 4 nitrogen and oxygen atoms in total. The molecule has 1 aromatic heterocycles. The maximum Gasteiger partial charge on any atom is 0.264 e. The summed E-state index contributed by atoms with van der Waals surface area (Å²) >= 11 is 8.19. The van der Waals surface area contributed by atoms with Gasteiger partial charge in [0.2, 0.25) is 5.91 Å². The van der Waals surface area contributed by atoms with Crippen LogP contribution >= 0.6 is 43.2 Å². The van der Waals surface area contributed by atoms with Gasteiger partial charge >= 0.3 is 0 Å². The molecular formula is C13H14Br2N2O2S. The monoisotopic (exact) mass is 420 g/mol. The molecule has 2 aliphatic rings. The third-order valence-electron chi connectivity index (χ3n) is 3.60. The third-order valence-corrected chi connectivity index (χ3v) is 6.84. The molecule has 1 unspecified atom stereocenters. The van der Waals surface area contributed by atoms with E-state index in [9.17, 15) is 9.59 Å². The minimum atomic E-state index is -0.303. The summed E-state index contributed by atoms with van der Waals surface area (Å²) in [6.45, 7) is 0.661. The predicted molar refractivity (Wildman–Crippen MR) is 84.9 cm³/mol. The summed E-state index contributed by atoms with van der Waals surface area (Å²) in [6.07, 6.45) is 3.79. The van der Waals surface area contributed by atoms with Crippen molar-refractivity contribution < 1.29 is 9.59 Å². The van der Waals surface area contributed by atoms with Gasteiger partial charge in [-0.3, -0.25) is 9.59 Å². The van der Waals surface area contributed by atoms with E-state index in [1.165, 1.54) is 11.3 Å². The number of nitrogens with one attached hydrogen (secondary N) is 1. The second-order valence-electron chi connectivity index (χ2n) is 5.17. The molecule has 7 heteroatoms. The van der Waals surface area contributed by atoms with Crippen molar-refractivity contribution in [3.63, 3.8) is 0 Å². The number of nitrogens with zero attached hydrogens (tertiary/aromatic N) is 1. The molecule has 1 saturated heterocycles. The van der Waals surface area contributed by atoms with Crippen molar-refractivity contribution in [3.05, 3.63) is 19.2 Å². The average Bonchev–Trinajstić information content (AvgIpc) is 2.98. The van der Waals surface area contributed by atoms with Crippen molar-refractivity contribution in [1.82, 2.24) is 10.2 Å². The van der Waals surface area contributed by atoms with E-state index < -0.39 is 0 Å². The summed E-state index contributed by atoms with van der Waals surface area (Å²) in [4.78, 5) is 27.1. The van der Waals surface area contributed by atoms with Gasteiger partial charge in [-0.25, -0.2) is 0 Å². The second kappa shape index (κ2) is 5.77. The smallest absolute Gasteiger partial charge is 0.264 e. The summed E-state index contributed by atoms with van der Waals surface area (Å²) in [7, 11) is 0. The molecule has 1 saturated carbocycles. The number of halogens is 2. The maximum atomic E-state index is 12.5. The minimum absolute atomic E-state index is 0.00744. The van der Waals surface area contributed by atoms with Gasteiger partial charge in [0.05, 0.1) is 8.66 Å². The highest BCUT2D eigenvalue weighted by Gasteiger charge is 2.37. The lowest BCUT2D eigenvalue weighted by molar-refractivity contribution is -0.125. The normalized spacial score (nSPS) is 22.1. The van der Waals surface area contributed by atoms with Crippen molar-refractivity contribution >= 4 is 55.0 Å². The zero-order chi connectivity index (χ0) is 14.3. The number of amides is 2. The Kier molecular flexibility index (Phi) is 4.19. The molecule has 0 aromatic carbocycles. The zero-order valence-corrected chi connectivity index (χ0v) is 14.7. The fourth-order valence-electron chi connectivity index (χ4n) is 2.40. The van der Waals surface area contributed by atoms with Crippen LogP contribution in [0.3, 0.4) is 0 Å². The third kappa shape index (κ3) is 2.94. The number of thiophene rings is 1. The molecule has 1 aromatic rings. The molecule has 1 aliphatic carbocycles. The fraction of sp³-hybridized carbons (Fsp3) is 0.538. The van der Waals surface area contributed by atoms with Gasteiger partial charge in [0.15, 0.2) is 0 Å². The standard InChI is InChI=1S/C13H14Br2N2O2S/c14-8-6-10(20-11(8)15)13(19)17-5-1-2-9(17)12(18)16-7-3-4-7/h6-7,9H,1-5H2,(H,16,18). The highest BCUT2D eigenvalue weighted by atomic mass is 79.9. The van der Waals surface area contributed by atoms with Crippen LogP contribution in [0.25, 0.3) is 0 Å². The van der Waals surface area contributed by atoms with Gasteiger partial charge in [-0.05, 0) is 63.6 Å². The van der Waals surface area contributed by atoms with Gasteiger partial charge in [0.25, 0.3) is 5.91 Å². The SMILES string of the molecule is O=C(NC1CC1)C1CCCN1C(=O)c1cc(Br)c(Br)s1. The molecule has 1 atom stereocenters. The van der Waals surface area contributed by atoms with Crippen LogP contribution in [-0.4, -0.2) is 35.3 Å². The second-order valence-corrected chi connectivity index (χ2v) is 8.40. The van der Waals surface area contributed by atoms with Crippen LogP contribution < -0.4 is 5.32 Å². The summed E-state index contributed by atoms with van der Waals surface area (Å²) in [5.41, 5.74) is 0. The molecule has 2 amide bonds. The van der Waals surface area contributed by atoms with E-state index in [-0.39, 0.29) is 17.9 Å². The highest BCUT2D eigenvalue weighted by Crippen LogP contribution is 2.34. The van der Waals surface area contributed by atoms with Crippen molar-refractivity contribution in [2.24, 2.45) is 0 Å². The van der Waals surface area contributed by atoms with Crippen LogP contribution in [-0.2, 0) is 4.79 Å². The summed E-state index contributed by atoms with van der Waals surface area (Å²) in [5.74, 6) is -0.0390. The first-order chi connectivity index (χ1) is 9.56. The number of likely N-dealkylation sites (tertiary alicyclic amines) is 1. The van der Waals surface area contributed by atoms with Crippen LogP contribution in [0.5, 0.6) is 0 Å². The quantitative estimate of drug-likeness (QED) is 0.814. The minimum Gasteiger partial charge on any atom is -0.352 e. The molecule has 1 N–H and O–H groups in total. The molecule has 3 rings (SSSR count). The molecule has 1 aliphatic heterocycles. The lowest BCUT2D eigenvalue weighted by Gasteiger charge is -2.23. The zero-order valence-electron chi connectivity index (χ0n) is 10.7. The van der Waals surface area contributed by atoms with Crippen molar-refractivity contribution in [1.29, 1.82) is 0 Å². The fourth-order valence-corrected chi connectivity index (χ4v) is 4.39. The lowest BCUT2D eigenvalue weighted by Crippen LogP contribution is -2.46. The summed E-state index contributed by atoms with van der Waals surface area (Å²) < 4.78 is 1.78. The Morgan fingerprint density at radius 3 is 2.65 bits per heavy atom. The molecule has 2 heterocycles. The number of carbonyl (C=O) groups is 2. The van der Waals surface area contributed by atoms with Crippen molar-refractivity contribution in [3.8, 4) is 0 Å².